The van der Waals surface area contributed by atoms with Crippen molar-refractivity contribution in [2.24, 2.45) is 11.8 Å². The zero-order valence-corrected chi connectivity index (χ0v) is 12.3. The lowest BCUT2D eigenvalue weighted by molar-refractivity contribution is 0.376. The van der Waals surface area contributed by atoms with Crippen LogP contribution in [0, 0.1) is 11.8 Å². The molecule has 2 unspecified atom stereocenters. The van der Waals surface area contributed by atoms with E-state index in [0.29, 0.717) is 0 Å². The molecule has 0 aliphatic heterocycles. The molecule has 1 N–H and O–H groups in total. The first kappa shape index (κ1) is 15.0. The van der Waals surface area contributed by atoms with Crippen LogP contribution in [-0.4, -0.2) is 12.6 Å². The normalized spacial score (nSPS) is 26.1. The first-order valence-electron chi connectivity index (χ1n) is 8.03. The maximum absolute atomic E-state index is 3.83. The van der Waals surface area contributed by atoms with Crippen LogP contribution in [0.25, 0.3) is 0 Å². The Bertz CT molecular complexity index is 174. The minimum absolute atomic E-state index is 0.817. The molecule has 1 rings (SSSR count). The smallest absolute Gasteiger partial charge is 0.00672 e. The number of nitrogens with one attached hydrogen (secondary N) is 1. The molecule has 0 aromatic carbocycles. The summed E-state index contributed by atoms with van der Waals surface area (Å²) >= 11 is 0. The molecule has 0 aromatic heterocycles. The van der Waals surface area contributed by atoms with Crippen LogP contribution in [0.5, 0.6) is 0 Å². The molecular formula is C16H33N. The van der Waals surface area contributed by atoms with E-state index in [1.807, 2.05) is 0 Å². The molecule has 1 aliphatic carbocycles. The van der Waals surface area contributed by atoms with Crippen molar-refractivity contribution < 1.29 is 0 Å². The van der Waals surface area contributed by atoms with E-state index < -0.39 is 0 Å². The van der Waals surface area contributed by atoms with Crippen molar-refractivity contribution >= 4 is 0 Å². The fourth-order valence-electron chi connectivity index (χ4n) is 3.19. The van der Waals surface area contributed by atoms with Crippen LogP contribution in [0.1, 0.15) is 78.6 Å². The Morgan fingerprint density at radius 2 is 1.76 bits per heavy atom. The standard InChI is InChI=1S/C16H33N/c1-4-8-15-9-7-10-16(12-11-15)17-13-14(5-2)6-3/h14-17H,4-13H2,1-3H3. The van der Waals surface area contributed by atoms with Gasteiger partial charge < -0.3 is 5.32 Å². The molecule has 0 saturated heterocycles. The van der Waals surface area contributed by atoms with Crippen molar-refractivity contribution in [2.45, 2.75) is 84.6 Å². The Balaban J connectivity index is 2.21. The van der Waals surface area contributed by atoms with Gasteiger partial charge in [0, 0.05) is 6.04 Å². The van der Waals surface area contributed by atoms with Gasteiger partial charge in [0.2, 0.25) is 0 Å². The zero-order chi connectivity index (χ0) is 12.5. The first-order valence-corrected chi connectivity index (χ1v) is 8.03. The number of rotatable bonds is 7. The monoisotopic (exact) mass is 239 g/mol. The topological polar surface area (TPSA) is 12.0 Å². The molecule has 2 atom stereocenters. The molecule has 0 radical (unpaired) electrons. The molecule has 1 aliphatic rings. The maximum atomic E-state index is 3.83. The Hall–Kier alpha value is -0.0400. The lowest BCUT2D eigenvalue weighted by Crippen LogP contribution is -2.32. The highest BCUT2D eigenvalue weighted by molar-refractivity contribution is 4.75. The molecule has 0 spiro atoms. The predicted molar refractivity (Wildman–Crippen MR) is 77.3 cm³/mol. The van der Waals surface area contributed by atoms with Gasteiger partial charge in [-0.2, -0.15) is 0 Å². The average molecular weight is 239 g/mol. The summed E-state index contributed by atoms with van der Waals surface area (Å²) < 4.78 is 0. The fourth-order valence-corrected chi connectivity index (χ4v) is 3.19. The third-order valence-corrected chi connectivity index (χ3v) is 4.64. The lowest BCUT2D eigenvalue weighted by Gasteiger charge is -2.20. The molecule has 0 aromatic rings. The predicted octanol–water partition coefficient (Wildman–Crippen LogP) is 4.76. The van der Waals surface area contributed by atoms with E-state index >= 15 is 0 Å². The first-order chi connectivity index (χ1) is 8.30. The second kappa shape index (κ2) is 8.97. The molecule has 17 heavy (non-hydrogen) atoms. The van der Waals surface area contributed by atoms with Gasteiger partial charge in [-0.05, 0) is 37.6 Å². The summed E-state index contributed by atoms with van der Waals surface area (Å²) in [6, 6.07) is 0.817. The van der Waals surface area contributed by atoms with Crippen molar-refractivity contribution in [2.75, 3.05) is 6.54 Å². The summed E-state index contributed by atoms with van der Waals surface area (Å²) in [6.45, 7) is 8.21. The summed E-state index contributed by atoms with van der Waals surface area (Å²) in [5.41, 5.74) is 0. The van der Waals surface area contributed by atoms with Gasteiger partial charge in [0.25, 0.3) is 0 Å². The molecular weight excluding hydrogens is 206 g/mol. The lowest BCUT2D eigenvalue weighted by atomic mass is 9.95. The Labute approximate surface area is 109 Å². The highest BCUT2D eigenvalue weighted by atomic mass is 14.9. The van der Waals surface area contributed by atoms with Gasteiger partial charge in [0.05, 0.1) is 0 Å². The van der Waals surface area contributed by atoms with Crippen LogP contribution in [-0.2, 0) is 0 Å². The van der Waals surface area contributed by atoms with Gasteiger partial charge >= 0.3 is 0 Å². The SMILES string of the molecule is CCCC1CCCC(NCC(CC)CC)CC1. The van der Waals surface area contributed by atoms with Crippen LogP contribution in [0.2, 0.25) is 0 Å². The van der Waals surface area contributed by atoms with Crippen molar-refractivity contribution in [1.29, 1.82) is 0 Å². The van der Waals surface area contributed by atoms with E-state index in [1.54, 1.807) is 0 Å². The highest BCUT2D eigenvalue weighted by Gasteiger charge is 2.18. The minimum Gasteiger partial charge on any atom is -0.314 e. The van der Waals surface area contributed by atoms with E-state index in [4.69, 9.17) is 0 Å². The van der Waals surface area contributed by atoms with Gasteiger partial charge in [-0.3, -0.25) is 0 Å². The minimum atomic E-state index is 0.817. The van der Waals surface area contributed by atoms with Gasteiger partial charge in [-0.25, -0.2) is 0 Å². The second-order valence-electron chi connectivity index (χ2n) is 5.95. The van der Waals surface area contributed by atoms with E-state index in [2.05, 4.69) is 26.1 Å². The van der Waals surface area contributed by atoms with Crippen molar-refractivity contribution in [3.05, 3.63) is 0 Å². The van der Waals surface area contributed by atoms with Crippen LogP contribution in [0.15, 0.2) is 0 Å². The average Bonchev–Trinajstić information content (AvgIpc) is 2.57. The fraction of sp³-hybridized carbons (Fsp3) is 1.00. The third-order valence-electron chi connectivity index (χ3n) is 4.64. The van der Waals surface area contributed by atoms with E-state index in [9.17, 15) is 0 Å². The summed E-state index contributed by atoms with van der Waals surface area (Å²) in [5.74, 6) is 1.92. The zero-order valence-electron chi connectivity index (χ0n) is 12.3. The van der Waals surface area contributed by atoms with Crippen LogP contribution in [0.4, 0.5) is 0 Å². The Morgan fingerprint density at radius 1 is 1.00 bits per heavy atom. The van der Waals surface area contributed by atoms with E-state index in [0.717, 1.165) is 17.9 Å². The van der Waals surface area contributed by atoms with Crippen molar-refractivity contribution in [1.82, 2.24) is 5.32 Å². The van der Waals surface area contributed by atoms with Crippen molar-refractivity contribution in [3.8, 4) is 0 Å². The van der Waals surface area contributed by atoms with Gasteiger partial charge in [-0.15, -0.1) is 0 Å². The van der Waals surface area contributed by atoms with E-state index in [-0.39, 0.29) is 0 Å². The van der Waals surface area contributed by atoms with Crippen molar-refractivity contribution in [3.63, 3.8) is 0 Å². The summed E-state index contributed by atoms with van der Waals surface area (Å²) in [7, 11) is 0. The largest absolute Gasteiger partial charge is 0.314 e. The number of hydrogen-bond donors (Lipinski definition) is 1. The van der Waals surface area contributed by atoms with E-state index in [1.165, 1.54) is 64.3 Å². The number of hydrogen-bond acceptors (Lipinski definition) is 1. The summed E-state index contributed by atoms with van der Waals surface area (Å²) in [6.07, 6.45) is 12.7. The molecule has 0 amide bonds. The molecule has 102 valence electrons. The van der Waals surface area contributed by atoms with Crippen LogP contribution in [0.3, 0.4) is 0 Å². The summed E-state index contributed by atoms with van der Waals surface area (Å²) in [5, 5.41) is 3.83. The van der Waals surface area contributed by atoms with Gasteiger partial charge in [0.1, 0.15) is 0 Å². The Kier molecular flexibility index (Phi) is 7.92. The summed E-state index contributed by atoms with van der Waals surface area (Å²) in [4.78, 5) is 0. The molecule has 1 fully saturated rings. The second-order valence-corrected chi connectivity index (χ2v) is 5.95. The molecule has 0 heterocycles. The third kappa shape index (κ3) is 5.90. The highest BCUT2D eigenvalue weighted by Crippen LogP contribution is 2.26. The molecule has 1 heteroatoms. The molecule has 1 nitrogen and oxygen atoms in total. The molecule has 0 bridgehead atoms. The quantitative estimate of drug-likeness (QED) is 0.632. The van der Waals surface area contributed by atoms with Crippen LogP contribution >= 0.6 is 0 Å². The van der Waals surface area contributed by atoms with Crippen LogP contribution < -0.4 is 5.32 Å². The van der Waals surface area contributed by atoms with Gasteiger partial charge in [-0.1, -0.05) is 59.3 Å². The Morgan fingerprint density at radius 3 is 2.41 bits per heavy atom. The molecule has 1 saturated carbocycles. The van der Waals surface area contributed by atoms with Gasteiger partial charge in [0.15, 0.2) is 0 Å². The maximum Gasteiger partial charge on any atom is 0.00672 e.